The van der Waals surface area contributed by atoms with Crippen LogP contribution in [0.4, 0.5) is 0 Å². The Balaban J connectivity index is 1.41. The van der Waals surface area contributed by atoms with Crippen molar-refractivity contribution < 1.29 is 4.42 Å². The van der Waals surface area contributed by atoms with Gasteiger partial charge in [0.05, 0.1) is 19.0 Å². The molecule has 0 aliphatic carbocycles. The summed E-state index contributed by atoms with van der Waals surface area (Å²) in [7, 11) is 1.97. The molecule has 1 atom stereocenters. The van der Waals surface area contributed by atoms with Crippen LogP contribution in [0, 0.1) is 0 Å². The molecule has 0 bridgehead atoms. The van der Waals surface area contributed by atoms with E-state index in [1.807, 2.05) is 30.1 Å². The molecule has 0 spiro atoms. The Hall–Kier alpha value is -2.54. The van der Waals surface area contributed by atoms with Crippen molar-refractivity contribution >= 4 is 17.3 Å². The highest BCUT2D eigenvalue weighted by molar-refractivity contribution is 7.09. The highest BCUT2D eigenvalue weighted by Gasteiger charge is 2.27. The summed E-state index contributed by atoms with van der Waals surface area (Å²) in [5.74, 6) is 2.49. The number of aliphatic imine (C=N–C) groups is 1. The molecule has 4 heterocycles. The van der Waals surface area contributed by atoms with Crippen molar-refractivity contribution in [1.82, 2.24) is 20.0 Å². The van der Waals surface area contributed by atoms with Crippen LogP contribution in [0.15, 0.2) is 57.7 Å². The number of hydrogen-bond donors (Lipinski definition) is 1. The molecule has 4 rings (SSSR count). The lowest BCUT2D eigenvalue weighted by atomic mass is 10.0. The summed E-state index contributed by atoms with van der Waals surface area (Å²) in [6.07, 6.45) is 7.82. The molecule has 1 aliphatic heterocycles. The molecule has 142 valence electrons. The number of likely N-dealkylation sites (tertiary alicyclic amines) is 1. The van der Waals surface area contributed by atoms with E-state index in [-0.39, 0.29) is 0 Å². The zero-order valence-electron chi connectivity index (χ0n) is 15.5. The van der Waals surface area contributed by atoms with E-state index in [1.54, 1.807) is 17.6 Å². The van der Waals surface area contributed by atoms with Crippen LogP contribution in [-0.2, 0) is 20.0 Å². The zero-order chi connectivity index (χ0) is 18.5. The smallest absolute Gasteiger partial charge is 0.194 e. The first-order valence-electron chi connectivity index (χ1n) is 9.34. The number of rotatable bonds is 6. The highest BCUT2D eigenvalue weighted by atomic mass is 32.1. The molecule has 1 fully saturated rings. The lowest BCUT2D eigenvalue weighted by Crippen LogP contribution is -2.41. The van der Waals surface area contributed by atoms with Gasteiger partial charge in [-0.15, -0.1) is 11.3 Å². The van der Waals surface area contributed by atoms with Crippen molar-refractivity contribution in [2.24, 2.45) is 12.0 Å². The third kappa shape index (κ3) is 4.60. The van der Waals surface area contributed by atoms with Gasteiger partial charge in [-0.2, -0.15) is 5.10 Å². The number of thiophene rings is 1. The van der Waals surface area contributed by atoms with Gasteiger partial charge in [-0.3, -0.25) is 4.68 Å². The first kappa shape index (κ1) is 17.9. The number of aromatic nitrogens is 2. The average molecular weight is 384 g/mol. The Morgan fingerprint density at radius 3 is 3.11 bits per heavy atom. The van der Waals surface area contributed by atoms with Crippen molar-refractivity contribution in [3.63, 3.8) is 0 Å². The monoisotopic (exact) mass is 383 g/mol. The molecule has 0 saturated carbocycles. The maximum atomic E-state index is 5.44. The van der Waals surface area contributed by atoms with Gasteiger partial charge in [0.1, 0.15) is 5.76 Å². The maximum absolute atomic E-state index is 5.44. The van der Waals surface area contributed by atoms with Crippen molar-refractivity contribution in [1.29, 1.82) is 0 Å². The standard InChI is InChI=1S/C20H25N5OS/c1-24-14-17(12-23-24)16-7-9-25(15-16)20(22-13-19-5-3-11-27-19)21-8-6-18-4-2-10-26-18/h2-5,10-12,14,16H,6-9,13,15H2,1H3,(H,21,22). The second-order valence-corrected chi connectivity index (χ2v) is 7.89. The summed E-state index contributed by atoms with van der Waals surface area (Å²) in [6.45, 7) is 3.51. The van der Waals surface area contributed by atoms with Crippen LogP contribution in [0.25, 0.3) is 0 Å². The molecule has 0 radical (unpaired) electrons. The van der Waals surface area contributed by atoms with Gasteiger partial charge in [-0.25, -0.2) is 4.99 Å². The van der Waals surface area contributed by atoms with Crippen LogP contribution in [0.2, 0.25) is 0 Å². The first-order chi connectivity index (χ1) is 13.3. The Labute approximate surface area is 163 Å². The molecule has 0 aromatic carbocycles. The van der Waals surface area contributed by atoms with Crippen LogP contribution < -0.4 is 5.32 Å². The molecule has 3 aromatic heterocycles. The topological polar surface area (TPSA) is 58.6 Å². The van der Waals surface area contributed by atoms with Crippen LogP contribution in [-0.4, -0.2) is 40.3 Å². The van der Waals surface area contributed by atoms with Gasteiger partial charge >= 0.3 is 0 Å². The minimum atomic E-state index is 0.512. The Morgan fingerprint density at radius 1 is 1.41 bits per heavy atom. The lowest BCUT2D eigenvalue weighted by molar-refractivity contribution is 0.475. The Bertz CT molecular complexity index is 853. The van der Waals surface area contributed by atoms with E-state index in [0.29, 0.717) is 5.92 Å². The third-order valence-corrected chi connectivity index (χ3v) is 5.74. The predicted octanol–water partition coefficient (Wildman–Crippen LogP) is 3.25. The fourth-order valence-electron chi connectivity index (χ4n) is 3.45. The molecule has 27 heavy (non-hydrogen) atoms. The fourth-order valence-corrected chi connectivity index (χ4v) is 4.08. The maximum Gasteiger partial charge on any atom is 0.194 e. The summed E-state index contributed by atoms with van der Waals surface area (Å²) >= 11 is 1.75. The number of nitrogens with one attached hydrogen (secondary N) is 1. The summed E-state index contributed by atoms with van der Waals surface area (Å²) < 4.78 is 7.32. The van der Waals surface area contributed by atoms with Crippen LogP contribution in [0.5, 0.6) is 0 Å². The fraction of sp³-hybridized carbons (Fsp3) is 0.400. The number of furan rings is 1. The molecule has 0 amide bonds. The van der Waals surface area contributed by atoms with E-state index < -0.39 is 0 Å². The minimum absolute atomic E-state index is 0.512. The molecule has 6 nitrogen and oxygen atoms in total. The SMILES string of the molecule is Cn1cc(C2CCN(C(=NCc3cccs3)NCCc3ccco3)C2)cn1. The normalized spacial score (nSPS) is 17.6. The van der Waals surface area contributed by atoms with Crippen molar-refractivity contribution in [2.45, 2.75) is 25.3 Å². The van der Waals surface area contributed by atoms with Gasteiger partial charge in [-0.05, 0) is 35.6 Å². The summed E-state index contributed by atoms with van der Waals surface area (Å²) in [6, 6.07) is 8.16. The zero-order valence-corrected chi connectivity index (χ0v) is 16.4. The number of guanidine groups is 1. The second-order valence-electron chi connectivity index (χ2n) is 6.85. The minimum Gasteiger partial charge on any atom is -0.469 e. The van der Waals surface area contributed by atoms with Gasteiger partial charge in [0.15, 0.2) is 5.96 Å². The molecule has 1 unspecified atom stereocenters. The summed E-state index contributed by atoms with van der Waals surface area (Å²) in [5.41, 5.74) is 1.31. The van der Waals surface area contributed by atoms with E-state index >= 15 is 0 Å². The molecular weight excluding hydrogens is 358 g/mol. The third-order valence-electron chi connectivity index (χ3n) is 4.88. The van der Waals surface area contributed by atoms with E-state index in [9.17, 15) is 0 Å². The molecule has 3 aromatic rings. The van der Waals surface area contributed by atoms with Gasteiger partial charge in [0.2, 0.25) is 0 Å². The second kappa shape index (κ2) is 8.43. The van der Waals surface area contributed by atoms with Crippen molar-refractivity contribution in [3.05, 3.63) is 64.5 Å². The average Bonchev–Trinajstić information content (AvgIpc) is 3.46. The predicted molar refractivity (Wildman–Crippen MR) is 108 cm³/mol. The van der Waals surface area contributed by atoms with Crippen LogP contribution in [0.3, 0.4) is 0 Å². The molecule has 1 N–H and O–H groups in total. The van der Waals surface area contributed by atoms with Crippen molar-refractivity contribution in [2.75, 3.05) is 19.6 Å². The first-order valence-corrected chi connectivity index (χ1v) is 10.2. The van der Waals surface area contributed by atoms with Crippen LogP contribution in [0.1, 0.15) is 28.5 Å². The van der Waals surface area contributed by atoms with E-state index in [0.717, 1.165) is 50.7 Å². The van der Waals surface area contributed by atoms with Gasteiger partial charge < -0.3 is 14.6 Å². The quantitative estimate of drug-likeness (QED) is 0.524. The number of hydrogen-bond acceptors (Lipinski definition) is 4. The van der Waals surface area contributed by atoms with Gasteiger partial charge in [-0.1, -0.05) is 6.07 Å². The number of aryl methyl sites for hydroxylation is 1. The van der Waals surface area contributed by atoms with E-state index in [1.165, 1.54) is 10.4 Å². The summed E-state index contributed by atoms with van der Waals surface area (Å²) in [4.78, 5) is 8.54. The Morgan fingerprint density at radius 2 is 2.37 bits per heavy atom. The largest absolute Gasteiger partial charge is 0.469 e. The highest BCUT2D eigenvalue weighted by Crippen LogP contribution is 2.26. The summed E-state index contributed by atoms with van der Waals surface area (Å²) in [5, 5.41) is 9.96. The van der Waals surface area contributed by atoms with E-state index in [4.69, 9.17) is 9.41 Å². The molecular formula is C20H25N5OS. The molecule has 1 saturated heterocycles. The number of nitrogens with zero attached hydrogens (tertiary/aromatic N) is 4. The Kier molecular flexibility index (Phi) is 5.58. The molecule has 7 heteroatoms. The van der Waals surface area contributed by atoms with Crippen molar-refractivity contribution in [3.8, 4) is 0 Å². The van der Waals surface area contributed by atoms with Gasteiger partial charge in [0, 0.05) is 50.1 Å². The van der Waals surface area contributed by atoms with E-state index in [2.05, 4.69) is 39.0 Å². The lowest BCUT2D eigenvalue weighted by Gasteiger charge is -2.22. The molecule has 1 aliphatic rings. The van der Waals surface area contributed by atoms with Gasteiger partial charge in [0.25, 0.3) is 0 Å². The van der Waals surface area contributed by atoms with Crippen LogP contribution >= 0.6 is 11.3 Å².